The van der Waals surface area contributed by atoms with Crippen LogP contribution in [0.5, 0.6) is 0 Å². The van der Waals surface area contributed by atoms with Gasteiger partial charge in [0.05, 0.1) is 6.04 Å². The Balaban J connectivity index is 0.000000504. The van der Waals surface area contributed by atoms with Crippen molar-refractivity contribution in [3.63, 3.8) is 0 Å². The Bertz CT molecular complexity index is 553. The van der Waals surface area contributed by atoms with Crippen LogP contribution in [-0.2, 0) is 9.59 Å². The normalized spacial score (nSPS) is 25.7. The number of fused-ring (bicyclic) bond motifs is 1. The quantitative estimate of drug-likeness (QED) is 0.711. The minimum atomic E-state index is 0. The fourth-order valence-electron chi connectivity index (χ4n) is 4.40. The first-order valence-corrected chi connectivity index (χ1v) is 11.3. The minimum Gasteiger partial charge on any atom is -0.338 e. The van der Waals surface area contributed by atoms with Crippen LogP contribution in [0.4, 0.5) is 0 Å². The Labute approximate surface area is 179 Å². The number of nitrogens with zero attached hydrogens (tertiary/aromatic N) is 3. The molecule has 29 heavy (non-hydrogen) atoms. The second kappa shape index (κ2) is 12.8. The largest absolute Gasteiger partial charge is 0.338 e. The zero-order chi connectivity index (χ0) is 22.0. The zero-order valence-corrected chi connectivity index (χ0v) is 19.2. The van der Waals surface area contributed by atoms with Crippen LogP contribution in [0.2, 0.25) is 0 Å². The molecule has 168 valence electrons. The molecule has 3 heterocycles. The maximum atomic E-state index is 11.5. The Kier molecular flexibility index (Phi) is 11.2. The second-order valence-electron chi connectivity index (χ2n) is 7.83. The first-order chi connectivity index (χ1) is 13.9. The predicted molar refractivity (Wildman–Crippen MR) is 123 cm³/mol. The van der Waals surface area contributed by atoms with Crippen LogP contribution in [0, 0.1) is 0 Å². The van der Waals surface area contributed by atoms with E-state index >= 15 is 0 Å². The second-order valence-corrected chi connectivity index (χ2v) is 7.83. The van der Waals surface area contributed by atoms with Gasteiger partial charge in [0.2, 0.25) is 11.8 Å². The number of nitrogens with one attached hydrogen (secondary N) is 1. The van der Waals surface area contributed by atoms with Crippen LogP contribution in [0.15, 0.2) is 25.3 Å². The fourth-order valence-corrected chi connectivity index (χ4v) is 4.40. The third-order valence-electron chi connectivity index (χ3n) is 5.86. The predicted octanol–water partition coefficient (Wildman–Crippen LogP) is 2.91. The average molecular weight is 409 g/mol. The standard InChI is InChI=1S/C11H18N2O.C10H18N2O.C2H6.H2/c1-4-11(14)12-6-5-9-10(12)7-13(9)8(2)3;1-3-10(13)12-7-5-6-9(8-12)11-4-2;1-2;/h4,8-10H,1,5-7H2,2-3H3;3,9,11H,1,4-8H2,2H3;1-2H3;1H. The maximum Gasteiger partial charge on any atom is 0.246 e. The van der Waals surface area contributed by atoms with E-state index in [-0.39, 0.29) is 13.2 Å². The number of carbonyl (C=O) groups excluding carboxylic acids is 2. The van der Waals surface area contributed by atoms with Gasteiger partial charge >= 0.3 is 0 Å². The molecular formula is C23H44N4O2. The molecule has 6 heteroatoms. The first kappa shape index (κ1) is 25.4. The van der Waals surface area contributed by atoms with Gasteiger partial charge in [0.1, 0.15) is 0 Å². The number of hydrogen-bond acceptors (Lipinski definition) is 4. The molecule has 0 aromatic rings. The summed E-state index contributed by atoms with van der Waals surface area (Å²) in [4.78, 5) is 29.1. The van der Waals surface area contributed by atoms with E-state index in [4.69, 9.17) is 0 Å². The number of likely N-dealkylation sites (tertiary alicyclic amines) is 3. The molecule has 6 nitrogen and oxygen atoms in total. The van der Waals surface area contributed by atoms with Crippen LogP contribution in [0.1, 0.15) is 55.3 Å². The van der Waals surface area contributed by atoms with E-state index in [1.165, 1.54) is 18.6 Å². The number of rotatable bonds is 5. The van der Waals surface area contributed by atoms with E-state index in [0.717, 1.165) is 45.6 Å². The van der Waals surface area contributed by atoms with E-state index in [1.54, 1.807) is 0 Å². The van der Waals surface area contributed by atoms with Crippen molar-refractivity contribution in [3.8, 4) is 0 Å². The summed E-state index contributed by atoms with van der Waals surface area (Å²) in [7, 11) is 0. The lowest BCUT2D eigenvalue weighted by atomic mass is 9.95. The van der Waals surface area contributed by atoms with Crippen LogP contribution in [-0.4, -0.2) is 83.4 Å². The summed E-state index contributed by atoms with van der Waals surface area (Å²) in [5, 5.41) is 3.37. The SMILES string of the molecule is C=CC(=O)N1CCC2C1CN2C(C)C.C=CC(=O)N1CCCC(NCC)C1.CC.[HH]. The van der Waals surface area contributed by atoms with Gasteiger partial charge in [-0.05, 0) is 51.8 Å². The topological polar surface area (TPSA) is 55.9 Å². The van der Waals surface area contributed by atoms with Gasteiger partial charge in [-0.15, -0.1) is 0 Å². The molecule has 3 atom stereocenters. The summed E-state index contributed by atoms with van der Waals surface area (Å²) < 4.78 is 0. The van der Waals surface area contributed by atoms with Gasteiger partial charge in [-0.25, -0.2) is 0 Å². The number of likely N-dealkylation sites (N-methyl/N-ethyl adjacent to an activating group) is 1. The molecule has 3 aliphatic rings. The van der Waals surface area contributed by atoms with E-state index < -0.39 is 0 Å². The Morgan fingerprint density at radius 2 is 1.72 bits per heavy atom. The maximum absolute atomic E-state index is 11.5. The van der Waals surface area contributed by atoms with Crippen molar-refractivity contribution in [1.29, 1.82) is 0 Å². The summed E-state index contributed by atoms with van der Waals surface area (Å²) in [6.07, 6.45) is 6.23. The van der Waals surface area contributed by atoms with Crippen LogP contribution < -0.4 is 5.32 Å². The molecule has 0 radical (unpaired) electrons. The Hall–Kier alpha value is -1.66. The molecule has 3 aliphatic heterocycles. The molecule has 0 aliphatic carbocycles. The molecule has 0 bridgehead atoms. The van der Waals surface area contributed by atoms with Crippen molar-refractivity contribution in [3.05, 3.63) is 25.3 Å². The average Bonchev–Trinajstić information content (AvgIpc) is 3.04. The number of amides is 2. The van der Waals surface area contributed by atoms with Gasteiger partial charge in [-0.2, -0.15) is 0 Å². The van der Waals surface area contributed by atoms with E-state index in [0.29, 0.717) is 24.2 Å². The minimum absolute atomic E-state index is 0. The summed E-state index contributed by atoms with van der Waals surface area (Å²) in [5.41, 5.74) is 0. The van der Waals surface area contributed by atoms with Crippen molar-refractivity contribution >= 4 is 11.8 Å². The highest BCUT2D eigenvalue weighted by molar-refractivity contribution is 5.88. The van der Waals surface area contributed by atoms with Gasteiger partial charge in [0.25, 0.3) is 0 Å². The third kappa shape index (κ3) is 6.68. The monoisotopic (exact) mass is 408 g/mol. The summed E-state index contributed by atoms with van der Waals surface area (Å²) in [5.74, 6) is 0.156. The highest BCUT2D eigenvalue weighted by Gasteiger charge is 2.48. The molecule has 1 N–H and O–H groups in total. The molecule has 0 aromatic heterocycles. The van der Waals surface area contributed by atoms with E-state index in [1.807, 2.05) is 23.6 Å². The van der Waals surface area contributed by atoms with Crippen molar-refractivity contribution in [2.75, 3.05) is 32.7 Å². The smallest absolute Gasteiger partial charge is 0.246 e. The fraction of sp³-hybridized carbons (Fsp3) is 0.739. The van der Waals surface area contributed by atoms with Gasteiger partial charge in [-0.1, -0.05) is 33.9 Å². The summed E-state index contributed by atoms with van der Waals surface area (Å²) in [6.45, 7) is 22.2. The molecule has 3 fully saturated rings. The lowest BCUT2D eigenvalue weighted by Crippen LogP contribution is -2.64. The van der Waals surface area contributed by atoms with Crippen molar-refractivity contribution in [2.24, 2.45) is 0 Å². The highest BCUT2D eigenvalue weighted by Crippen LogP contribution is 2.33. The van der Waals surface area contributed by atoms with Gasteiger partial charge < -0.3 is 15.1 Å². The molecule has 3 unspecified atom stereocenters. The molecule has 3 saturated heterocycles. The first-order valence-electron chi connectivity index (χ1n) is 11.3. The van der Waals surface area contributed by atoms with Gasteiger partial charge in [0, 0.05) is 45.7 Å². The van der Waals surface area contributed by atoms with Crippen LogP contribution in [0.25, 0.3) is 0 Å². The van der Waals surface area contributed by atoms with Crippen LogP contribution in [0.3, 0.4) is 0 Å². The van der Waals surface area contributed by atoms with E-state index in [2.05, 4.69) is 44.1 Å². The Morgan fingerprint density at radius 3 is 2.28 bits per heavy atom. The lowest BCUT2D eigenvalue weighted by molar-refractivity contribution is -0.130. The number of carbonyl (C=O) groups is 2. The van der Waals surface area contributed by atoms with Gasteiger partial charge in [0.15, 0.2) is 0 Å². The molecule has 3 rings (SSSR count). The zero-order valence-electron chi connectivity index (χ0n) is 19.2. The number of hydrogen-bond donors (Lipinski definition) is 1. The Morgan fingerprint density at radius 1 is 1.07 bits per heavy atom. The summed E-state index contributed by atoms with van der Waals surface area (Å²) in [6, 6.07) is 2.15. The van der Waals surface area contributed by atoms with E-state index in [9.17, 15) is 9.59 Å². The van der Waals surface area contributed by atoms with Crippen molar-refractivity contribution in [2.45, 2.75) is 78.0 Å². The summed E-state index contributed by atoms with van der Waals surface area (Å²) >= 11 is 0. The molecule has 0 saturated carbocycles. The molecule has 2 amide bonds. The van der Waals surface area contributed by atoms with Gasteiger partial charge in [-0.3, -0.25) is 14.5 Å². The van der Waals surface area contributed by atoms with Crippen LogP contribution >= 0.6 is 0 Å². The molecule has 0 spiro atoms. The molecular weight excluding hydrogens is 364 g/mol. The molecule has 0 aromatic carbocycles. The van der Waals surface area contributed by atoms with Crippen molar-refractivity contribution < 1.29 is 11.0 Å². The third-order valence-corrected chi connectivity index (χ3v) is 5.86. The highest BCUT2D eigenvalue weighted by atomic mass is 16.2. The number of piperidine rings is 1. The van der Waals surface area contributed by atoms with Crippen molar-refractivity contribution in [1.82, 2.24) is 20.0 Å². The lowest BCUT2D eigenvalue weighted by Gasteiger charge is -2.48.